The average Bonchev–Trinajstić information content (AvgIpc) is 2.75. The Morgan fingerprint density at radius 3 is 3.00 bits per heavy atom. The number of rotatable bonds is 4. The Morgan fingerprint density at radius 2 is 2.25 bits per heavy atom. The largest absolute Gasteiger partial charge is 0.396 e. The highest BCUT2D eigenvalue weighted by Crippen LogP contribution is 2.29. The van der Waals surface area contributed by atoms with E-state index in [0.29, 0.717) is 6.61 Å². The van der Waals surface area contributed by atoms with E-state index in [1.165, 1.54) is 45.3 Å². The van der Waals surface area contributed by atoms with Crippen LogP contribution >= 0.6 is 0 Å². The summed E-state index contributed by atoms with van der Waals surface area (Å²) in [5.41, 5.74) is 0. The predicted octanol–water partition coefficient (Wildman–Crippen LogP) is 1.22. The van der Waals surface area contributed by atoms with Crippen LogP contribution in [-0.4, -0.2) is 48.3 Å². The minimum Gasteiger partial charge on any atom is -0.396 e. The van der Waals surface area contributed by atoms with E-state index in [0.717, 1.165) is 24.4 Å². The molecule has 2 N–H and O–H groups in total. The third-order valence-corrected chi connectivity index (χ3v) is 4.28. The van der Waals surface area contributed by atoms with E-state index < -0.39 is 0 Å². The van der Waals surface area contributed by atoms with Gasteiger partial charge in [0, 0.05) is 18.7 Å². The first-order valence-corrected chi connectivity index (χ1v) is 6.90. The fourth-order valence-corrected chi connectivity index (χ4v) is 3.42. The van der Waals surface area contributed by atoms with Crippen molar-refractivity contribution in [2.75, 3.05) is 26.2 Å². The smallest absolute Gasteiger partial charge is 0.0431 e. The van der Waals surface area contributed by atoms with E-state index in [-0.39, 0.29) is 0 Å². The summed E-state index contributed by atoms with van der Waals surface area (Å²) in [6, 6.07) is 1.53. The van der Waals surface area contributed by atoms with E-state index in [9.17, 15) is 0 Å². The summed E-state index contributed by atoms with van der Waals surface area (Å²) in [6.07, 6.45) is 6.16. The van der Waals surface area contributed by atoms with Gasteiger partial charge in [-0.1, -0.05) is 6.92 Å². The summed E-state index contributed by atoms with van der Waals surface area (Å²) in [6.45, 7) is 6.36. The lowest BCUT2D eigenvalue weighted by atomic mass is 9.92. The Labute approximate surface area is 99.2 Å². The Kier molecular flexibility index (Phi) is 4.62. The lowest BCUT2D eigenvalue weighted by Gasteiger charge is -2.40. The maximum Gasteiger partial charge on any atom is 0.0431 e. The van der Waals surface area contributed by atoms with E-state index in [1.54, 1.807) is 0 Å². The van der Waals surface area contributed by atoms with Crippen LogP contribution in [0.15, 0.2) is 0 Å². The molecule has 94 valence electrons. The van der Waals surface area contributed by atoms with Gasteiger partial charge in [-0.25, -0.2) is 0 Å². The molecule has 3 atom stereocenters. The number of aliphatic hydroxyl groups excluding tert-OH is 1. The molecule has 3 unspecified atom stereocenters. The van der Waals surface area contributed by atoms with Gasteiger partial charge in [0.25, 0.3) is 0 Å². The zero-order valence-electron chi connectivity index (χ0n) is 10.5. The summed E-state index contributed by atoms with van der Waals surface area (Å²) in [5, 5.41) is 12.4. The zero-order valence-corrected chi connectivity index (χ0v) is 10.5. The van der Waals surface area contributed by atoms with Crippen LogP contribution in [0.1, 0.15) is 39.0 Å². The van der Waals surface area contributed by atoms with Gasteiger partial charge in [-0.05, 0) is 57.7 Å². The molecule has 2 heterocycles. The van der Waals surface area contributed by atoms with E-state index in [1.807, 2.05) is 0 Å². The second-order valence-electron chi connectivity index (χ2n) is 5.44. The van der Waals surface area contributed by atoms with Crippen LogP contribution in [0.5, 0.6) is 0 Å². The normalized spacial score (nSPS) is 36.8. The molecule has 0 aromatic heterocycles. The Morgan fingerprint density at radius 1 is 1.38 bits per heavy atom. The maximum atomic E-state index is 8.95. The summed E-state index contributed by atoms with van der Waals surface area (Å²) < 4.78 is 0. The molecule has 2 rings (SSSR count). The molecule has 2 aliphatic rings. The molecule has 0 saturated carbocycles. The molecule has 0 aliphatic carbocycles. The van der Waals surface area contributed by atoms with Gasteiger partial charge < -0.3 is 10.4 Å². The molecule has 16 heavy (non-hydrogen) atoms. The second kappa shape index (κ2) is 5.99. The van der Waals surface area contributed by atoms with Crippen molar-refractivity contribution in [2.24, 2.45) is 5.92 Å². The summed E-state index contributed by atoms with van der Waals surface area (Å²) in [5.74, 6) is 0.781. The molecule has 0 bridgehead atoms. The average molecular weight is 226 g/mol. The Balaban J connectivity index is 1.90. The van der Waals surface area contributed by atoms with Crippen molar-refractivity contribution >= 4 is 0 Å². The topological polar surface area (TPSA) is 35.5 Å². The SMILES string of the molecule is CC1CNCCC1N1CCCC1CCCO. The fraction of sp³-hybridized carbons (Fsp3) is 1.00. The summed E-state index contributed by atoms with van der Waals surface area (Å²) in [4.78, 5) is 2.74. The van der Waals surface area contributed by atoms with Crippen molar-refractivity contribution in [3.8, 4) is 0 Å². The molecule has 2 aliphatic heterocycles. The number of hydrogen-bond donors (Lipinski definition) is 2. The summed E-state index contributed by atoms with van der Waals surface area (Å²) >= 11 is 0. The first kappa shape index (κ1) is 12.3. The van der Waals surface area contributed by atoms with Crippen LogP contribution in [0, 0.1) is 5.92 Å². The Bertz CT molecular complexity index is 210. The lowest BCUT2D eigenvalue weighted by molar-refractivity contribution is 0.0993. The number of piperidine rings is 1. The van der Waals surface area contributed by atoms with Crippen LogP contribution in [0.25, 0.3) is 0 Å². The van der Waals surface area contributed by atoms with Crippen molar-refractivity contribution in [2.45, 2.75) is 51.1 Å². The van der Waals surface area contributed by atoms with Crippen molar-refractivity contribution in [1.82, 2.24) is 10.2 Å². The molecule has 2 fully saturated rings. The molecule has 0 aromatic carbocycles. The molecule has 2 saturated heterocycles. The monoisotopic (exact) mass is 226 g/mol. The standard InChI is InChI=1S/C13H26N2O/c1-11-10-14-7-6-13(11)15-8-2-4-12(15)5-3-9-16/h11-14,16H,2-10H2,1H3. The molecule has 0 aromatic rings. The number of aliphatic hydroxyl groups is 1. The van der Waals surface area contributed by atoms with Gasteiger partial charge in [0.1, 0.15) is 0 Å². The molecule has 3 nitrogen and oxygen atoms in total. The molecule has 3 heteroatoms. The Hall–Kier alpha value is -0.120. The molecular formula is C13H26N2O. The van der Waals surface area contributed by atoms with Gasteiger partial charge in [-0.2, -0.15) is 0 Å². The first-order chi connectivity index (χ1) is 7.83. The number of hydrogen-bond acceptors (Lipinski definition) is 3. The lowest BCUT2D eigenvalue weighted by Crippen LogP contribution is -2.50. The molecule has 0 radical (unpaired) electrons. The van der Waals surface area contributed by atoms with Gasteiger partial charge in [-0.3, -0.25) is 4.90 Å². The minimum atomic E-state index is 0.353. The number of nitrogens with one attached hydrogen (secondary N) is 1. The van der Waals surface area contributed by atoms with Crippen molar-refractivity contribution in [3.05, 3.63) is 0 Å². The first-order valence-electron chi connectivity index (χ1n) is 6.90. The van der Waals surface area contributed by atoms with Crippen molar-refractivity contribution in [1.29, 1.82) is 0 Å². The highest BCUT2D eigenvalue weighted by Gasteiger charge is 2.34. The van der Waals surface area contributed by atoms with Crippen LogP contribution < -0.4 is 5.32 Å². The fourth-order valence-electron chi connectivity index (χ4n) is 3.42. The third kappa shape index (κ3) is 2.76. The van der Waals surface area contributed by atoms with Gasteiger partial charge >= 0.3 is 0 Å². The van der Waals surface area contributed by atoms with Gasteiger partial charge in [0.2, 0.25) is 0 Å². The minimum absolute atomic E-state index is 0.353. The van der Waals surface area contributed by atoms with E-state index in [4.69, 9.17) is 5.11 Å². The van der Waals surface area contributed by atoms with Crippen LogP contribution in [0.4, 0.5) is 0 Å². The highest BCUT2D eigenvalue weighted by molar-refractivity contribution is 4.90. The highest BCUT2D eigenvalue weighted by atomic mass is 16.2. The molecule has 0 spiro atoms. The maximum absolute atomic E-state index is 8.95. The van der Waals surface area contributed by atoms with Gasteiger partial charge in [0.15, 0.2) is 0 Å². The van der Waals surface area contributed by atoms with E-state index in [2.05, 4.69) is 17.1 Å². The van der Waals surface area contributed by atoms with Crippen LogP contribution in [-0.2, 0) is 0 Å². The second-order valence-corrected chi connectivity index (χ2v) is 5.44. The van der Waals surface area contributed by atoms with Crippen molar-refractivity contribution in [3.63, 3.8) is 0 Å². The molecule has 0 amide bonds. The quantitative estimate of drug-likeness (QED) is 0.756. The predicted molar refractivity (Wildman–Crippen MR) is 66.5 cm³/mol. The van der Waals surface area contributed by atoms with E-state index >= 15 is 0 Å². The van der Waals surface area contributed by atoms with Gasteiger partial charge in [-0.15, -0.1) is 0 Å². The van der Waals surface area contributed by atoms with Crippen LogP contribution in [0.2, 0.25) is 0 Å². The van der Waals surface area contributed by atoms with Gasteiger partial charge in [0.05, 0.1) is 0 Å². The number of likely N-dealkylation sites (tertiary alicyclic amines) is 1. The third-order valence-electron chi connectivity index (χ3n) is 4.28. The zero-order chi connectivity index (χ0) is 11.4. The molecular weight excluding hydrogens is 200 g/mol. The van der Waals surface area contributed by atoms with Crippen molar-refractivity contribution < 1.29 is 5.11 Å². The summed E-state index contributed by atoms with van der Waals surface area (Å²) in [7, 11) is 0. The van der Waals surface area contributed by atoms with Crippen LogP contribution in [0.3, 0.4) is 0 Å². The number of nitrogens with zero attached hydrogens (tertiary/aromatic N) is 1.